The summed E-state index contributed by atoms with van der Waals surface area (Å²) in [5.74, 6) is 0.694. The van der Waals surface area contributed by atoms with E-state index in [1.807, 2.05) is 6.07 Å². The summed E-state index contributed by atoms with van der Waals surface area (Å²) >= 11 is 7.46. The van der Waals surface area contributed by atoms with Crippen LogP contribution in [0.15, 0.2) is 41.9 Å². The number of nitrogens with zero attached hydrogens (tertiary/aromatic N) is 2. The number of benzene rings is 1. The molecule has 2 heterocycles. The molecule has 0 aliphatic carbocycles. The number of nitrogens with one attached hydrogen (secondary N) is 1. The first kappa shape index (κ1) is 10.5. The molecule has 1 N–H and O–H groups in total. The Bertz CT molecular complexity index is 665. The SMILES string of the molecule is Clc1nccc(Nc2ccc3sccc3c2)n1. The summed E-state index contributed by atoms with van der Waals surface area (Å²) in [5, 5.41) is 6.74. The Morgan fingerprint density at radius 2 is 2.12 bits per heavy atom. The van der Waals surface area contributed by atoms with Crippen molar-refractivity contribution in [3.63, 3.8) is 0 Å². The maximum atomic E-state index is 5.73. The smallest absolute Gasteiger partial charge is 0.224 e. The summed E-state index contributed by atoms with van der Waals surface area (Å²) < 4.78 is 1.27. The number of thiophene rings is 1. The molecule has 3 rings (SSSR count). The Morgan fingerprint density at radius 3 is 3.00 bits per heavy atom. The van der Waals surface area contributed by atoms with Gasteiger partial charge in [-0.05, 0) is 52.7 Å². The third-order valence-corrected chi connectivity index (χ3v) is 3.43. The monoisotopic (exact) mass is 261 g/mol. The Hall–Kier alpha value is -1.65. The van der Waals surface area contributed by atoms with Gasteiger partial charge < -0.3 is 5.32 Å². The minimum Gasteiger partial charge on any atom is -0.340 e. The van der Waals surface area contributed by atoms with Gasteiger partial charge in [-0.1, -0.05) is 0 Å². The summed E-state index contributed by atoms with van der Waals surface area (Å²) in [5.41, 5.74) is 0.991. The second-order valence-corrected chi connectivity index (χ2v) is 4.79. The van der Waals surface area contributed by atoms with Crippen LogP contribution in [-0.4, -0.2) is 9.97 Å². The number of aromatic nitrogens is 2. The molecular formula is C12H8ClN3S. The van der Waals surface area contributed by atoms with Crippen molar-refractivity contribution >= 4 is 44.5 Å². The van der Waals surface area contributed by atoms with Gasteiger partial charge in [0, 0.05) is 16.6 Å². The molecule has 2 aromatic heterocycles. The summed E-state index contributed by atoms with van der Waals surface area (Å²) in [7, 11) is 0. The van der Waals surface area contributed by atoms with Crippen molar-refractivity contribution in [1.29, 1.82) is 0 Å². The van der Waals surface area contributed by atoms with E-state index in [0.29, 0.717) is 5.82 Å². The van der Waals surface area contributed by atoms with Gasteiger partial charge in [-0.25, -0.2) is 9.97 Å². The van der Waals surface area contributed by atoms with Gasteiger partial charge in [-0.15, -0.1) is 11.3 Å². The third-order valence-electron chi connectivity index (χ3n) is 2.35. The summed E-state index contributed by atoms with van der Waals surface area (Å²) in [6.45, 7) is 0. The summed E-state index contributed by atoms with van der Waals surface area (Å²) in [4.78, 5) is 7.92. The van der Waals surface area contributed by atoms with Crippen molar-refractivity contribution in [2.24, 2.45) is 0 Å². The first-order valence-electron chi connectivity index (χ1n) is 5.04. The number of hydrogen-bond acceptors (Lipinski definition) is 4. The second kappa shape index (κ2) is 4.31. The van der Waals surface area contributed by atoms with Gasteiger partial charge in [-0.3, -0.25) is 0 Å². The van der Waals surface area contributed by atoms with Crippen LogP contribution < -0.4 is 5.32 Å². The zero-order valence-corrected chi connectivity index (χ0v) is 10.3. The predicted octanol–water partition coefficient (Wildman–Crippen LogP) is 4.09. The minimum atomic E-state index is 0.242. The highest BCUT2D eigenvalue weighted by Gasteiger charge is 2.00. The lowest BCUT2D eigenvalue weighted by molar-refractivity contribution is 1.17. The fraction of sp³-hybridized carbons (Fsp3) is 0. The van der Waals surface area contributed by atoms with Gasteiger partial charge in [-0.2, -0.15) is 0 Å². The summed E-state index contributed by atoms with van der Waals surface area (Å²) in [6, 6.07) is 10.1. The van der Waals surface area contributed by atoms with Gasteiger partial charge in [0.25, 0.3) is 0 Å². The lowest BCUT2D eigenvalue weighted by atomic mass is 10.2. The van der Waals surface area contributed by atoms with Crippen LogP contribution in [0.1, 0.15) is 0 Å². The zero-order valence-electron chi connectivity index (χ0n) is 8.72. The predicted molar refractivity (Wildman–Crippen MR) is 72.1 cm³/mol. The van der Waals surface area contributed by atoms with E-state index in [-0.39, 0.29) is 5.28 Å². The normalized spacial score (nSPS) is 10.6. The lowest BCUT2D eigenvalue weighted by Gasteiger charge is -2.05. The van der Waals surface area contributed by atoms with Crippen LogP contribution >= 0.6 is 22.9 Å². The number of anilines is 2. The lowest BCUT2D eigenvalue weighted by Crippen LogP contribution is -1.94. The van der Waals surface area contributed by atoms with Gasteiger partial charge in [0.05, 0.1) is 0 Å². The van der Waals surface area contributed by atoms with E-state index in [4.69, 9.17) is 11.6 Å². The quantitative estimate of drug-likeness (QED) is 0.706. The molecule has 0 aliphatic heterocycles. The molecular weight excluding hydrogens is 254 g/mol. The van der Waals surface area contributed by atoms with Crippen LogP contribution in [0.2, 0.25) is 5.28 Å². The molecule has 0 unspecified atom stereocenters. The average molecular weight is 262 g/mol. The largest absolute Gasteiger partial charge is 0.340 e. The van der Waals surface area contributed by atoms with Gasteiger partial charge >= 0.3 is 0 Å². The van der Waals surface area contributed by atoms with Crippen LogP contribution in [0.3, 0.4) is 0 Å². The van der Waals surface area contributed by atoms with Crippen molar-refractivity contribution in [1.82, 2.24) is 9.97 Å². The van der Waals surface area contributed by atoms with Crippen LogP contribution in [0.5, 0.6) is 0 Å². The molecule has 0 atom stereocenters. The Balaban J connectivity index is 1.94. The molecule has 3 nitrogen and oxygen atoms in total. The van der Waals surface area contributed by atoms with Gasteiger partial charge in [0.1, 0.15) is 5.82 Å². The first-order valence-corrected chi connectivity index (χ1v) is 6.30. The molecule has 0 spiro atoms. The van der Waals surface area contributed by atoms with E-state index in [1.165, 1.54) is 10.1 Å². The molecule has 0 saturated heterocycles. The molecule has 0 fully saturated rings. The standard InChI is InChI=1S/C12H8ClN3S/c13-12-14-5-3-11(16-12)15-9-1-2-10-8(7-9)4-6-17-10/h1-7H,(H,14,15,16). The molecule has 5 heteroatoms. The van der Waals surface area contributed by atoms with Crippen LogP contribution in [0.25, 0.3) is 10.1 Å². The molecule has 0 bridgehead atoms. The maximum Gasteiger partial charge on any atom is 0.224 e. The Morgan fingerprint density at radius 1 is 1.18 bits per heavy atom. The Kier molecular flexibility index (Phi) is 2.66. The minimum absolute atomic E-state index is 0.242. The number of rotatable bonds is 2. The van der Waals surface area contributed by atoms with Crippen molar-refractivity contribution in [3.8, 4) is 0 Å². The van der Waals surface area contributed by atoms with Gasteiger partial charge in [0.2, 0.25) is 5.28 Å². The number of fused-ring (bicyclic) bond motifs is 1. The van der Waals surface area contributed by atoms with Gasteiger partial charge in [0.15, 0.2) is 0 Å². The molecule has 1 aromatic carbocycles. The van der Waals surface area contributed by atoms with Crippen LogP contribution in [-0.2, 0) is 0 Å². The fourth-order valence-electron chi connectivity index (χ4n) is 1.60. The molecule has 0 aliphatic rings. The molecule has 0 radical (unpaired) electrons. The van der Waals surface area contributed by atoms with Crippen LogP contribution in [0, 0.1) is 0 Å². The van der Waals surface area contributed by atoms with E-state index in [2.05, 4.69) is 38.9 Å². The van der Waals surface area contributed by atoms with E-state index >= 15 is 0 Å². The van der Waals surface area contributed by atoms with E-state index in [9.17, 15) is 0 Å². The topological polar surface area (TPSA) is 37.8 Å². The van der Waals surface area contributed by atoms with E-state index in [0.717, 1.165) is 5.69 Å². The van der Waals surface area contributed by atoms with Crippen molar-refractivity contribution in [2.75, 3.05) is 5.32 Å². The highest BCUT2D eigenvalue weighted by atomic mass is 35.5. The van der Waals surface area contributed by atoms with Crippen LogP contribution in [0.4, 0.5) is 11.5 Å². The second-order valence-electron chi connectivity index (χ2n) is 3.51. The fourth-order valence-corrected chi connectivity index (χ4v) is 2.52. The van der Waals surface area contributed by atoms with Crippen molar-refractivity contribution in [3.05, 3.63) is 47.2 Å². The molecule has 0 amide bonds. The first-order chi connectivity index (χ1) is 8.31. The molecule has 3 aromatic rings. The maximum absolute atomic E-state index is 5.73. The Labute approximate surface area is 107 Å². The van der Waals surface area contributed by atoms with E-state index in [1.54, 1.807) is 23.6 Å². The van der Waals surface area contributed by atoms with Crippen molar-refractivity contribution in [2.45, 2.75) is 0 Å². The highest BCUT2D eigenvalue weighted by molar-refractivity contribution is 7.17. The zero-order chi connectivity index (χ0) is 11.7. The third kappa shape index (κ3) is 2.23. The molecule has 0 saturated carbocycles. The highest BCUT2D eigenvalue weighted by Crippen LogP contribution is 2.25. The number of hydrogen-bond donors (Lipinski definition) is 1. The van der Waals surface area contributed by atoms with Crippen molar-refractivity contribution < 1.29 is 0 Å². The molecule has 17 heavy (non-hydrogen) atoms. The number of halogens is 1. The summed E-state index contributed by atoms with van der Waals surface area (Å²) in [6.07, 6.45) is 1.63. The van der Waals surface area contributed by atoms with E-state index < -0.39 is 0 Å². The average Bonchev–Trinajstić information content (AvgIpc) is 2.76. The molecule has 84 valence electrons.